The van der Waals surface area contributed by atoms with Crippen molar-refractivity contribution < 1.29 is 32.5 Å². The third kappa shape index (κ3) is 6.27. The lowest BCUT2D eigenvalue weighted by atomic mass is 10.2. The zero-order chi connectivity index (χ0) is 20.5. The number of hydrogen-bond donors (Lipinski definition) is 1. The largest absolute Gasteiger partial charge is 0.497 e. The van der Waals surface area contributed by atoms with Crippen LogP contribution < -0.4 is 24.4 Å². The molecule has 0 aliphatic carbocycles. The molecule has 2 aromatic rings. The average Bonchev–Trinajstić information content (AvgIpc) is 2.68. The predicted octanol–water partition coefficient (Wildman–Crippen LogP) is 3.49. The van der Waals surface area contributed by atoms with E-state index < -0.39 is 12.5 Å². The number of ether oxygens (including phenoxy) is 4. The Bertz CT molecular complexity index is 831. The van der Waals surface area contributed by atoms with Crippen LogP contribution in [0.3, 0.4) is 0 Å². The molecule has 0 aliphatic heterocycles. The zero-order valence-electron chi connectivity index (χ0n) is 14.9. The minimum absolute atomic E-state index is 0.00316. The van der Waals surface area contributed by atoms with Gasteiger partial charge in [-0.2, -0.15) is 13.9 Å². The minimum Gasteiger partial charge on any atom is -0.497 e. The van der Waals surface area contributed by atoms with Crippen LogP contribution in [0.1, 0.15) is 5.56 Å². The maximum absolute atomic E-state index is 12.4. The van der Waals surface area contributed by atoms with Crippen molar-refractivity contribution >= 4 is 23.7 Å². The summed E-state index contributed by atoms with van der Waals surface area (Å²) in [4.78, 5) is 11.8. The van der Waals surface area contributed by atoms with Crippen LogP contribution in [0.4, 0.5) is 8.78 Å². The molecule has 2 rings (SSSR count). The average molecular weight is 415 g/mol. The maximum Gasteiger partial charge on any atom is 0.387 e. The molecule has 0 radical (unpaired) electrons. The molecule has 1 amide bonds. The number of methoxy groups -OCH3 is 2. The van der Waals surface area contributed by atoms with Crippen molar-refractivity contribution in [2.45, 2.75) is 6.61 Å². The maximum atomic E-state index is 12.4. The van der Waals surface area contributed by atoms with Crippen LogP contribution >= 0.6 is 11.6 Å². The second kappa shape index (κ2) is 10.3. The van der Waals surface area contributed by atoms with Crippen LogP contribution in [0.25, 0.3) is 0 Å². The van der Waals surface area contributed by atoms with Crippen molar-refractivity contribution in [1.29, 1.82) is 0 Å². The summed E-state index contributed by atoms with van der Waals surface area (Å²) in [6.45, 7) is -3.30. The normalized spacial score (nSPS) is 10.8. The molecule has 0 aromatic heterocycles. The lowest BCUT2D eigenvalue weighted by Crippen LogP contribution is -2.24. The molecular weight excluding hydrogens is 398 g/mol. The number of amides is 1. The molecule has 10 heteroatoms. The van der Waals surface area contributed by atoms with Gasteiger partial charge in [0, 0.05) is 0 Å². The third-order valence-electron chi connectivity index (χ3n) is 3.29. The van der Waals surface area contributed by atoms with Gasteiger partial charge >= 0.3 is 6.61 Å². The highest BCUT2D eigenvalue weighted by atomic mass is 35.5. The number of carbonyl (C=O) groups excluding carboxylic acids is 1. The first-order valence-electron chi connectivity index (χ1n) is 7.84. The molecule has 2 aromatic carbocycles. The highest BCUT2D eigenvalue weighted by molar-refractivity contribution is 6.32. The van der Waals surface area contributed by atoms with E-state index in [9.17, 15) is 13.6 Å². The van der Waals surface area contributed by atoms with Crippen molar-refractivity contribution in [1.82, 2.24) is 5.43 Å². The van der Waals surface area contributed by atoms with Crippen LogP contribution in [0, 0.1) is 0 Å². The number of hydrogen-bond acceptors (Lipinski definition) is 6. The zero-order valence-corrected chi connectivity index (χ0v) is 15.7. The Morgan fingerprint density at radius 2 is 1.86 bits per heavy atom. The van der Waals surface area contributed by atoms with Crippen molar-refractivity contribution in [2.75, 3.05) is 20.8 Å². The number of nitrogens with one attached hydrogen (secondary N) is 1. The summed E-state index contributed by atoms with van der Waals surface area (Å²) in [7, 11) is 2.83. The van der Waals surface area contributed by atoms with E-state index in [0.717, 1.165) is 0 Å². The lowest BCUT2D eigenvalue weighted by Gasteiger charge is -2.12. The van der Waals surface area contributed by atoms with Crippen LogP contribution in [-0.4, -0.2) is 39.6 Å². The van der Waals surface area contributed by atoms with E-state index in [0.29, 0.717) is 17.1 Å². The molecular formula is C18H17ClF2N2O5. The van der Waals surface area contributed by atoms with Gasteiger partial charge < -0.3 is 18.9 Å². The van der Waals surface area contributed by atoms with Crippen molar-refractivity contribution in [3.05, 3.63) is 47.0 Å². The fourth-order valence-electron chi connectivity index (χ4n) is 2.05. The van der Waals surface area contributed by atoms with Gasteiger partial charge in [0.2, 0.25) is 0 Å². The van der Waals surface area contributed by atoms with Crippen LogP contribution in [-0.2, 0) is 4.79 Å². The quantitative estimate of drug-likeness (QED) is 0.502. The topological polar surface area (TPSA) is 78.4 Å². The van der Waals surface area contributed by atoms with E-state index >= 15 is 0 Å². The van der Waals surface area contributed by atoms with Crippen molar-refractivity contribution in [3.8, 4) is 23.0 Å². The second-order valence-corrected chi connectivity index (χ2v) is 5.58. The molecule has 0 saturated heterocycles. The number of nitrogens with zero attached hydrogens (tertiary/aromatic N) is 1. The summed E-state index contributed by atoms with van der Waals surface area (Å²) in [5, 5.41) is 3.67. The predicted molar refractivity (Wildman–Crippen MR) is 98.9 cm³/mol. The number of halogens is 3. The molecule has 0 saturated carbocycles. The van der Waals surface area contributed by atoms with Gasteiger partial charge in [-0.05, 0) is 42.0 Å². The van der Waals surface area contributed by atoms with Crippen molar-refractivity contribution in [3.63, 3.8) is 0 Å². The standard InChI is InChI=1S/C18H17ClF2N2O5/c1-25-12-3-5-13(6-4-12)27-10-16(24)23-22-9-11-7-14(19)17(28-18(20)21)15(8-11)26-2/h3-9,18H,10H2,1-2H3,(H,23,24)/b22-9-. The van der Waals surface area contributed by atoms with Gasteiger partial charge in [-0.25, -0.2) is 5.43 Å². The number of rotatable bonds is 9. The first-order chi connectivity index (χ1) is 13.4. The number of alkyl halides is 2. The summed E-state index contributed by atoms with van der Waals surface area (Å²) in [5.41, 5.74) is 2.68. The van der Waals surface area contributed by atoms with E-state index in [1.54, 1.807) is 31.4 Å². The van der Waals surface area contributed by atoms with E-state index in [4.69, 9.17) is 25.8 Å². The Balaban J connectivity index is 1.92. The second-order valence-electron chi connectivity index (χ2n) is 5.17. The van der Waals surface area contributed by atoms with Gasteiger partial charge in [-0.1, -0.05) is 11.6 Å². The number of carbonyl (C=O) groups is 1. The molecule has 0 fully saturated rings. The molecule has 0 unspecified atom stereocenters. The molecule has 0 spiro atoms. The number of benzene rings is 2. The van der Waals surface area contributed by atoms with Crippen LogP contribution in [0.15, 0.2) is 41.5 Å². The fourth-order valence-corrected chi connectivity index (χ4v) is 2.31. The summed E-state index contributed by atoms with van der Waals surface area (Å²) >= 11 is 5.92. The molecule has 0 bridgehead atoms. The smallest absolute Gasteiger partial charge is 0.387 e. The first kappa shape index (κ1) is 21.2. The fraction of sp³-hybridized carbons (Fsp3) is 0.222. The summed E-state index contributed by atoms with van der Waals surface area (Å²) in [5.74, 6) is 0.381. The van der Waals surface area contributed by atoms with Gasteiger partial charge in [0.15, 0.2) is 18.1 Å². The third-order valence-corrected chi connectivity index (χ3v) is 3.57. The Kier molecular flexibility index (Phi) is 7.82. The van der Waals surface area contributed by atoms with E-state index in [1.807, 2.05) is 0 Å². The molecule has 0 heterocycles. The lowest BCUT2D eigenvalue weighted by molar-refractivity contribution is -0.123. The van der Waals surface area contributed by atoms with Crippen LogP contribution in [0.5, 0.6) is 23.0 Å². The highest BCUT2D eigenvalue weighted by Crippen LogP contribution is 2.37. The Labute approximate surface area is 164 Å². The van der Waals surface area contributed by atoms with Gasteiger partial charge in [-0.3, -0.25) is 4.79 Å². The molecule has 0 aliphatic rings. The van der Waals surface area contributed by atoms with Crippen LogP contribution in [0.2, 0.25) is 5.02 Å². The molecule has 7 nitrogen and oxygen atoms in total. The first-order valence-corrected chi connectivity index (χ1v) is 8.21. The highest BCUT2D eigenvalue weighted by Gasteiger charge is 2.15. The molecule has 0 atom stereocenters. The summed E-state index contributed by atoms with van der Waals surface area (Å²) in [6, 6.07) is 9.44. The molecule has 1 N–H and O–H groups in total. The van der Waals surface area contributed by atoms with E-state index in [1.165, 1.54) is 25.5 Å². The molecule has 28 heavy (non-hydrogen) atoms. The van der Waals surface area contributed by atoms with E-state index in [-0.39, 0.29) is 23.1 Å². The van der Waals surface area contributed by atoms with Gasteiger partial charge in [0.05, 0.1) is 25.5 Å². The molecule has 150 valence electrons. The summed E-state index contributed by atoms with van der Waals surface area (Å²) < 4.78 is 44.5. The minimum atomic E-state index is -3.05. The van der Waals surface area contributed by atoms with Crippen molar-refractivity contribution in [2.24, 2.45) is 5.10 Å². The van der Waals surface area contributed by atoms with Gasteiger partial charge in [0.25, 0.3) is 5.91 Å². The Morgan fingerprint density at radius 3 is 2.46 bits per heavy atom. The Morgan fingerprint density at radius 1 is 1.18 bits per heavy atom. The number of hydrazone groups is 1. The summed E-state index contributed by atoms with van der Waals surface area (Å²) in [6.07, 6.45) is 1.27. The van der Waals surface area contributed by atoms with Gasteiger partial charge in [0.1, 0.15) is 11.5 Å². The Hall–Kier alpha value is -3.07. The van der Waals surface area contributed by atoms with Gasteiger partial charge in [-0.15, -0.1) is 0 Å². The monoisotopic (exact) mass is 414 g/mol. The van der Waals surface area contributed by atoms with E-state index in [2.05, 4.69) is 15.3 Å². The SMILES string of the molecule is COc1ccc(OCC(=O)N/N=C\c2cc(Cl)c(OC(F)F)c(OC)c2)cc1.